The molecule has 2 aliphatic rings. The fourth-order valence-electron chi connectivity index (χ4n) is 2.66. The quantitative estimate of drug-likeness (QED) is 0.725. The van der Waals surface area contributed by atoms with Gasteiger partial charge in [-0.2, -0.15) is 0 Å². The Bertz CT molecular complexity index is 176. The molecule has 1 nitrogen and oxygen atoms in total. The van der Waals surface area contributed by atoms with E-state index in [4.69, 9.17) is 0 Å². The molecule has 2 fully saturated rings. The average Bonchev–Trinajstić information content (AvgIpc) is 2.98. The first-order valence-electron chi connectivity index (χ1n) is 6.47. The molecule has 0 atom stereocenters. The maximum atomic E-state index is 3.80. The molecule has 0 aromatic rings. The molecular formula is C13H25N. The van der Waals surface area contributed by atoms with E-state index in [2.05, 4.69) is 19.2 Å². The van der Waals surface area contributed by atoms with Gasteiger partial charge in [0.1, 0.15) is 0 Å². The monoisotopic (exact) mass is 195 g/mol. The van der Waals surface area contributed by atoms with Crippen LogP contribution in [0.4, 0.5) is 0 Å². The van der Waals surface area contributed by atoms with Crippen molar-refractivity contribution in [1.82, 2.24) is 5.32 Å². The highest BCUT2D eigenvalue weighted by molar-refractivity contribution is 4.94. The minimum atomic E-state index is 0.725. The standard InChI is InChI=1S/C13H25N/c1-3-13(8-9-13)10-14-12-6-4-11(2)5-7-12/h11-12,14H,3-10H2,1-2H3. The van der Waals surface area contributed by atoms with Crippen molar-refractivity contribution in [1.29, 1.82) is 0 Å². The van der Waals surface area contributed by atoms with Crippen LogP contribution in [-0.2, 0) is 0 Å². The average molecular weight is 195 g/mol. The molecule has 2 saturated carbocycles. The molecule has 0 aromatic carbocycles. The van der Waals surface area contributed by atoms with Gasteiger partial charge in [0.15, 0.2) is 0 Å². The summed E-state index contributed by atoms with van der Waals surface area (Å²) in [7, 11) is 0. The number of nitrogens with one attached hydrogen (secondary N) is 1. The first-order valence-corrected chi connectivity index (χ1v) is 6.47. The van der Waals surface area contributed by atoms with E-state index in [-0.39, 0.29) is 0 Å². The van der Waals surface area contributed by atoms with Gasteiger partial charge in [0.05, 0.1) is 0 Å². The lowest BCUT2D eigenvalue weighted by Crippen LogP contribution is -2.36. The van der Waals surface area contributed by atoms with E-state index in [9.17, 15) is 0 Å². The molecule has 82 valence electrons. The van der Waals surface area contributed by atoms with Crippen molar-refractivity contribution >= 4 is 0 Å². The van der Waals surface area contributed by atoms with Gasteiger partial charge in [0.2, 0.25) is 0 Å². The van der Waals surface area contributed by atoms with Crippen molar-refractivity contribution in [2.75, 3.05) is 6.54 Å². The Morgan fingerprint density at radius 3 is 2.29 bits per heavy atom. The van der Waals surface area contributed by atoms with Crippen LogP contribution >= 0.6 is 0 Å². The first kappa shape index (κ1) is 10.5. The molecule has 0 saturated heterocycles. The van der Waals surface area contributed by atoms with E-state index in [0.717, 1.165) is 17.4 Å². The third kappa shape index (κ3) is 2.50. The van der Waals surface area contributed by atoms with Crippen LogP contribution in [-0.4, -0.2) is 12.6 Å². The van der Waals surface area contributed by atoms with Gasteiger partial charge in [-0.25, -0.2) is 0 Å². The van der Waals surface area contributed by atoms with Gasteiger partial charge in [0, 0.05) is 12.6 Å². The Kier molecular flexibility index (Phi) is 3.16. The summed E-state index contributed by atoms with van der Waals surface area (Å²) in [5.74, 6) is 0.981. The topological polar surface area (TPSA) is 12.0 Å². The molecule has 2 aliphatic carbocycles. The molecule has 0 aliphatic heterocycles. The highest BCUT2D eigenvalue weighted by atomic mass is 14.9. The number of hydrogen-bond acceptors (Lipinski definition) is 1. The van der Waals surface area contributed by atoms with Crippen LogP contribution in [0, 0.1) is 11.3 Å². The maximum Gasteiger partial charge on any atom is 0.00674 e. The van der Waals surface area contributed by atoms with Crippen molar-refractivity contribution in [2.45, 2.75) is 64.8 Å². The van der Waals surface area contributed by atoms with E-state index >= 15 is 0 Å². The molecule has 0 radical (unpaired) electrons. The van der Waals surface area contributed by atoms with E-state index in [0.29, 0.717) is 0 Å². The second-order valence-corrected chi connectivity index (χ2v) is 5.69. The van der Waals surface area contributed by atoms with Crippen LogP contribution in [0.5, 0.6) is 0 Å². The van der Waals surface area contributed by atoms with Crippen LogP contribution < -0.4 is 5.32 Å². The van der Waals surface area contributed by atoms with E-state index in [1.54, 1.807) is 0 Å². The molecule has 14 heavy (non-hydrogen) atoms. The molecule has 2 rings (SSSR count). The Balaban J connectivity index is 1.66. The van der Waals surface area contributed by atoms with Crippen LogP contribution in [0.25, 0.3) is 0 Å². The molecule has 0 spiro atoms. The fourth-order valence-corrected chi connectivity index (χ4v) is 2.66. The molecule has 0 aromatic heterocycles. The van der Waals surface area contributed by atoms with Gasteiger partial charge in [0.25, 0.3) is 0 Å². The summed E-state index contributed by atoms with van der Waals surface area (Å²) in [6.45, 7) is 6.03. The summed E-state index contributed by atoms with van der Waals surface area (Å²) in [6.07, 6.45) is 10.0. The summed E-state index contributed by atoms with van der Waals surface area (Å²) >= 11 is 0. The third-order valence-electron chi connectivity index (χ3n) is 4.49. The van der Waals surface area contributed by atoms with Crippen LogP contribution in [0.3, 0.4) is 0 Å². The Morgan fingerprint density at radius 1 is 1.14 bits per heavy atom. The van der Waals surface area contributed by atoms with Gasteiger partial charge in [-0.1, -0.05) is 13.8 Å². The van der Waals surface area contributed by atoms with Crippen molar-refractivity contribution < 1.29 is 0 Å². The van der Waals surface area contributed by atoms with Gasteiger partial charge < -0.3 is 5.32 Å². The molecular weight excluding hydrogens is 170 g/mol. The summed E-state index contributed by atoms with van der Waals surface area (Å²) in [5, 5.41) is 3.80. The smallest absolute Gasteiger partial charge is 0.00674 e. The minimum absolute atomic E-state index is 0.725. The minimum Gasteiger partial charge on any atom is -0.313 e. The van der Waals surface area contributed by atoms with Crippen LogP contribution in [0.1, 0.15) is 58.8 Å². The molecule has 0 bridgehead atoms. The Morgan fingerprint density at radius 2 is 1.79 bits per heavy atom. The van der Waals surface area contributed by atoms with Gasteiger partial charge in [-0.3, -0.25) is 0 Å². The van der Waals surface area contributed by atoms with Gasteiger partial charge in [-0.05, 0) is 56.3 Å². The Labute approximate surface area is 88.7 Å². The van der Waals surface area contributed by atoms with E-state index < -0.39 is 0 Å². The maximum absolute atomic E-state index is 3.80. The lowest BCUT2D eigenvalue weighted by atomic mass is 9.87. The fraction of sp³-hybridized carbons (Fsp3) is 1.00. The molecule has 1 heteroatoms. The van der Waals surface area contributed by atoms with Crippen molar-refractivity contribution in [3.8, 4) is 0 Å². The summed E-state index contributed by atoms with van der Waals surface area (Å²) in [5.41, 5.74) is 0.725. The number of rotatable bonds is 4. The zero-order chi connectivity index (χ0) is 10.0. The molecule has 0 amide bonds. The van der Waals surface area contributed by atoms with Gasteiger partial charge >= 0.3 is 0 Å². The molecule has 0 heterocycles. The highest BCUT2D eigenvalue weighted by Crippen LogP contribution is 2.48. The van der Waals surface area contributed by atoms with Crippen molar-refractivity contribution in [3.63, 3.8) is 0 Å². The molecule has 1 N–H and O–H groups in total. The number of hydrogen-bond donors (Lipinski definition) is 1. The largest absolute Gasteiger partial charge is 0.313 e. The first-order chi connectivity index (χ1) is 6.74. The second kappa shape index (κ2) is 4.22. The lowest BCUT2D eigenvalue weighted by molar-refractivity contribution is 0.288. The summed E-state index contributed by atoms with van der Waals surface area (Å²) in [6, 6.07) is 0.843. The van der Waals surface area contributed by atoms with E-state index in [1.807, 2.05) is 0 Å². The predicted octanol–water partition coefficient (Wildman–Crippen LogP) is 3.34. The van der Waals surface area contributed by atoms with Crippen LogP contribution in [0.15, 0.2) is 0 Å². The van der Waals surface area contributed by atoms with Crippen molar-refractivity contribution in [2.24, 2.45) is 11.3 Å². The SMILES string of the molecule is CCC1(CNC2CCC(C)CC2)CC1. The molecule has 0 unspecified atom stereocenters. The highest BCUT2D eigenvalue weighted by Gasteiger charge is 2.40. The second-order valence-electron chi connectivity index (χ2n) is 5.69. The third-order valence-corrected chi connectivity index (χ3v) is 4.49. The summed E-state index contributed by atoms with van der Waals surface area (Å²) in [4.78, 5) is 0. The van der Waals surface area contributed by atoms with Crippen LogP contribution in [0.2, 0.25) is 0 Å². The van der Waals surface area contributed by atoms with Crippen molar-refractivity contribution in [3.05, 3.63) is 0 Å². The lowest BCUT2D eigenvalue weighted by Gasteiger charge is -2.28. The normalized spacial score (nSPS) is 35.6. The Hall–Kier alpha value is -0.0400. The summed E-state index contributed by atoms with van der Waals surface area (Å²) < 4.78 is 0. The zero-order valence-electron chi connectivity index (χ0n) is 9.81. The van der Waals surface area contributed by atoms with Gasteiger partial charge in [-0.15, -0.1) is 0 Å². The van der Waals surface area contributed by atoms with E-state index in [1.165, 1.54) is 51.5 Å². The zero-order valence-corrected chi connectivity index (χ0v) is 9.81. The predicted molar refractivity (Wildman–Crippen MR) is 61.4 cm³/mol.